The molecule has 0 aliphatic carbocycles. The van der Waals surface area contributed by atoms with Crippen molar-refractivity contribution in [1.29, 1.82) is 0 Å². The van der Waals surface area contributed by atoms with Gasteiger partial charge in [0, 0.05) is 5.69 Å². The van der Waals surface area contributed by atoms with E-state index in [9.17, 15) is 27.2 Å². The number of hydrogen-bond donors (Lipinski definition) is 2. The summed E-state index contributed by atoms with van der Waals surface area (Å²) in [4.78, 5) is 23.2. The average Bonchev–Trinajstić information content (AvgIpc) is 2.54. The number of benzene rings is 2. The number of halogens is 4. The highest BCUT2D eigenvalue weighted by Crippen LogP contribution is 2.30. The molecule has 0 radical (unpaired) electrons. The van der Waals surface area contributed by atoms with E-state index < -0.39 is 29.4 Å². The van der Waals surface area contributed by atoms with Crippen molar-refractivity contribution in [2.75, 3.05) is 5.32 Å². The van der Waals surface area contributed by atoms with Crippen LogP contribution in [-0.4, -0.2) is 18.0 Å². The van der Waals surface area contributed by atoms with Gasteiger partial charge in [-0.2, -0.15) is 18.3 Å². The molecule has 0 saturated heterocycles. The molecule has 0 bridgehead atoms. The Bertz CT molecular complexity index is 819. The van der Waals surface area contributed by atoms with Gasteiger partial charge in [-0.3, -0.25) is 9.59 Å². The van der Waals surface area contributed by atoms with Gasteiger partial charge in [0.05, 0.1) is 11.8 Å². The van der Waals surface area contributed by atoms with Gasteiger partial charge in [-0.1, -0.05) is 18.2 Å². The summed E-state index contributed by atoms with van der Waals surface area (Å²) in [6, 6.07) is 9.15. The molecule has 0 atom stereocenters. The van der Waals surface area contributed by atoms with E-state index in [0.29, 0.717) is 11.6 Å². The fraction of sp³-hybridized carbons (Fsp3) is 0.0625. The van der Waals surface area contributed by atoms with Crippen molar-refractivity contribution in [3.63, 3.8) is 0 Å². The fourth-order valence-corrected chi connectivity index (χ4v) is 1.76. The lowest BCUT2D eigenvalue weighted by molar-refractivity contribution is -0.137. The predicted octanol–water partition coefficient (Wildman–Crippen LogP) is 2.93. The number of nitrogens with zero attached hydrogens (tertiary/aromatic N) is 1. The van der Waals surface area contributed by atoms with E-state index >= 15 is 0 Å². The number of rotatable bonds is 3. The van der Waals surface area contributed by atoms with Crippen LogP contribution in [0, 0.1) is 5.82 Å². The van der Waals surface area contributed by atoms with Crippen molar-refractivity contribution in [2.24, 2.45) is 5.10 Å². The minimum Gasteiger partial charge on any atom is -0.318 e. The molecule has 0 aliphatic heterocycles. The SMILES string of the molecule is O=C(N/N=C\c1cccc(F)c1)C(=O)Nc1cccc(C(F)(F)F)c1. The Morgan fingerprint density at radius 1 is 1.00 bits per heavy atom. The lowest BCUT2D eigenvalue weighted by Gasteiger charge is -2.09. The Morgan fingerprint density at radius 3 is 2.40 bits per heavy atom. The Morgan fingerprint density at radius 2 is 1.72 bits per heavy atom. The molecule has 5 nitrogen and oxygen atoms in total. The Labute approximate surface area is 139 Å². The molecule has 2 amide bonds. The van der Waals surface area contributed by atoms with Gasteiger partial charge in [0.1, 0.15) is 5.82 Å². The number of carbonyl (C=O) groups excluding carboxylic acids is 2. The zero-order valence-electron chi connectivity index (χ0n) is 12.5. The van der Waals surface area contributed by atoms with E-state index in [0.717, 1.165) is 24.4 Å². The maximum atomic E-state index is 12.9. The summed E-state index contributed by atoms with van der Waals surface area (Å²) in [6.45, 7) is 0. The molecule has 0 aromatic heterocycles. The van der Waals surface area contributed by atoms with Crippen molar-refractivity contribution in [3.8, 4) is 0 Å². The minimum atomic E-state index is -4.57. The van der Waals surface area contributed by atoms with E-state index in [-0.39, 0.29) is 5.69 Å². The van der Waals surface area contributed by atoms with Crippen LogP contribution in [0.1, 0.15) is 11.1 Å². The van der Waals surface area contributed by atoms with Crippen LogP contribution in [0.4, 0.5) is 23.2 Å². The van der Waals surface area contributed by atoms with Crippen molar-refractivity contribution < 1.29 is 27.2 Å². The summed E-state index contributed by atoms with van der Waals surface area (Å²) in [5.74, 6) is -2.89. The Balaban J connectivity index is 1.95. The van der Waals surface area contributed by atoms with Crippen LogP contribution >= 0.6 is 0 Å². The van der Waals surface area contributed by atoms with Crippen molar-refractivity contribution in [1.82, 2.24) is 5.43 Å². The molecule has 130 valence electrons. The number of anilines is 1. The number of alkyl halides is 3. The third kappa shape index (κ3) is 5.41. The lowest BCUT2D eigenvalue weighted by Crippen LogP contribution is -2.32. The highest BCUT2D eigenvalue weighted by molar-refractivity contribution is 6.39. The average molecular weight is 353 g/mol. The van der Waals surface area contributed by atoms with Crippen LogP contribution in [0.2, 0.25) is 0 Å². The van der Waals surface area contributed by atoms with Gasteiger partial charge >= 0.3 is 18.0 Å². The third-order valence-electron chi connectivity index (χ3n) is 2.88. The minimum absolute atomic E-state index is 0.191. The van der Waals surface area contributed by atoms with Gasteiger partial charge in [-0.05, 0) is 35.9 Å². The Hall–Kier alpha value is -3.23. The molecule has 2 aromatic rings. The summed E-state index contributed by atoms with van der Waals surface area (Å²) >= 11 is 0. The number of nitrogens with one attached hydrogen (secondary N) is 2. The molecule has 0 spiro atoms. The van der Waals surface area contributed by atoms with Crippen molar-refractivity contribution in [2.45, 2.75) is 6.18 Å². The Kier molecular flexibility index (Phi) is 5.48. The van der Waals surface area contributed by atoms with Gasteiger partial charge < -0.3 is 5.32 Å². The summed E-state index contributed by atoms with van der Waals surface area (Å²) in [6.07, 6.45) is -3.46. The van der Waals surface area contributed by atoms with Crippen LogP contribution in [0.5, 0.6) is 0 Å². The second-order valence-corrected chi connectivity index (χ2v) is 4.79. The summed E-state index contributed by atoms with van der Waals surface area (Å²) in [5, 5.41) is 5.50. The first-order chi connectivity index (χ1) is 11.8. The van der Waals surface area contributed by atoms with Crippen LogP contribution < -0.4 is 10.7 Å². The van der Waals surface area contributed by atoms with Gasteiger partial charge in [0.15, 0.2) is 0 Å². The maximum absolute atomic E-state index is 12.9. The molecule has 0 fully saturated rings. The molecule has 0 aliphatic rings. The monoisotopic (exact) mass is 353 g/mol. The van der Waals surface area contributed by atoms with Crippen LogP contribution in [0.15, 0.2) is 53.6 Å². The van der Waals surface area contributed by atoms with Crippen molar-refractivity contribution >= 4 is 23.7 Å². The van der Waals surface area contributed by atoms with E-state index in [1.807, 2.05) is 10.7 Å². The summed E-state index contributed by atoms with van der Waals surface area (Å²) in [5.41, 5.74) is 1.08. The quantitative estimate of drug-likeness (QED) is 0.386. The van der Waals surface area contributed by atoms with E-state index in [1.54, 1.807) is 0 Å². The number of hydrazone groups is 1. The number of hydrogen-bond acceptors (Lipinski definition) is 3. The first-order valence-corrected chi connectivity index (χ1v) is 6.83. The molecule has 0 saturated carbocycles. The molecule has 0 heterocycles. The van der Waals surface area contributed by atoms with Gasteiger partial charge in [-0.15, -0.1) is 0 Å². The molecule has 2 aromatic carbocycles. The molecular formula is C16H11F4N3O2. The molecule has 25 heavy (non-hydrogen) atoms. The zero-order valence-corrected chi connectivity index (χ0v) is 12.5. The van der Waals surface area contributed by atoms with E-state index in [4.69, 9.17) is 0 Å². The summed E-state index contributed by atoms with van der Waals surface area (Å²) < 4.78 is 50.7. The second-order valence-electron chi connectivity index (χ2n) is 4.79. The highest BCUT2D eigenvalue weighted by atomic mass is 19.4. The number of amides is 2. The second kappa shape index (κ2) is 7.56. The molecular weight excluding hydrogens is 342 g/mol. The highest BCUT2D eigenvalue weighted by Gasteiger charge is 2.30. The summed E-state index contributed by atoms with van der Waals surface area (Å²) in [7, 11) is 0. The number of carbonyl (C=O) groups is 2. The third-order valence-corrected chi connectivity index (χ3v) is 2.88. The van der Waals surface area contributed by atoms with Crippen molar-refractivity contribution in [3.05, 3.63) is 65.5 Å². The lowest BCUT2D eigenvalue weighted by atomic mass is 10.2. The topological polar surface area (TPSA) is 70.6 Å². The fourth-order valence-electron chi connectivity index (χ4n) is 1.76. The maximum Gasteiger partial charge on any atom is 0.416 e. The van der Waals surface area contributed by atoms with Gasteiger partial charge in [0.25, 0.3) is 0 Å². The molecule has 9 heteroatoms. The van der Waals surface area contributed by atoms with E-state index in [2.05, 4.69) is 5.10 Å². The first-order valence-electron chi connectivity index (χ1n) is 6.83. The first kappa shape index (κ1) is 18.1. The predicted molar refractivity (Wildman–Crippen MR) is 82.2 cm³/mol. The van der Waals surface area contributed by atoms with Crippen LogP contribution in [0.3, 0.4) is 0 Å². The van der Waals surface area contributed by atoms with Crippen LogP contribution in [-0.2, 0) is 15.8 Å². The van der Waals surface area contributed by atoms with Gasteiger partial charge in [-0.25, -0.2) is 9.82 Å². The molecule has 2 rings (SSSR count). The van der Waals surface area contributed by atoms with Crippen LogP contribution in [0.25, 0.3) is 0 Å². The standard InChI is InChI=1S/C16H11F4N3O2/c17-12-5-1-3-10(7-12)9-21-23-15(25)14(24)22-13-6-2-4-11(8-13)16(18,19)20/h1-9H,(H,22,24)(H,23,25)/b21-9-. The smallest absolute Gasteiger partial charge is 0.318 e. The molecule has 2 N–H and O–H groups in total. The van der Waals surface area contributed by atoms with E-state index in [1.165, 1.54) is 24.3 Å². The largest absolute Gasteiger partial charge is 0.416 e. The molecule has 0 unspecified atom stereocenters. The zero-order chi connectivity index (χ0) is 18.4. The van der Waals surface area contributed by atoms with Gasteiger partial charge in [0.2, 0.25) is 0 Å². The normalized spacial score (nSPS) is 11.4.